The van der Waals surface area contributed by atoms with Crippen molar-refractivity contribution in [2.24, 2.45) is 5.92 Å². The third kappa shape index (κ3) is 2.90. The molecule has 3 nitrogen and oxygen atoms in total. The second kappa shape index (κ2) is 5.33. The molecule has 0 bridgehead atoms. The molecule has 1 amide bonds. The number of carbonyl (C=O) groups excluding carboxylic acids is 1. The Balaban J connectivity index is 1.82. The molecule has 0 radical (unpaired) electrons. The van der Waals surface area contributed by atoms with E-state index in [1.165, 1.54) is 12.5 Å². The van der Waals surface area contributed by atoms with E-state index < -0.39 is 17.9 Å². The Morgan fingerprint density at radius 2 is 2.05 bits per heavy atom. The van der Waals surface area contributed by atoms with Gasteiger partial charge in [-0.1, -0.05) is 18.6 Å². The molecule has 1 aliphatic heterocycles. The molecule has 2 fully saturated rings. The zero-order valence-corrected chi connectivity index (χ0v) is 11.5. The van der Waals surface area contributed by atoms with Gasteiger partial charge >= 0.3 is 6.18 Å². The van der Waals surface area contributed by atoms with Crippen LogP contribution in [0.5, 0.6) is 0 Å². The molecule has 1 N–H and O–H groups in total. The Hall–Kier alpha value is -1.56. The minimum Gasteiger partial charge on any atom is -0.322 e. The van der Waals surface area contributed by atoms with Gasteiger partial charge < -0.3 is 4.90 Å². The van der Waals surface area contributed by atoms with Gasteiger partial charge in [-0.25, -0.2) is 0 Å². The highest BCUT2D eigenvalue weighted by Gasteiger charge is 2.36. The largest absolute Gasteiger partial charge is 0.416 e. The van der Waals surface area contributed by atoms with Gasteiger partial charge in [-0.15, -0.1) is 0 Å². The smallest absolute Gasteiger partial charge is 0.322 e. The lowest BCUT2D eigenvalue weighted by molar-refractivity contribution is -0.137. The molecule has 0 spiro atoms. The number of benzene rings is 1. The number of alkyl halides is 3. The highest BCUT2D eigenvalue weighted by Crippen LogP contribution is 2.34. The summed E-state index contributed by atoms with van der Waals surface area (Å²) in [5.74, 6) is 0.450. The highest BCUT2D eigenvalue weighted by atomic mass is 19.4. The van der Waals surface area contributed by atoms with Crippen molar-refractivity contribution in [3.63, 3.8) is 0 Å². The zero-order valence-electron chi connectivity index (χ0n) is 11.5. The molecule has 0 aromatic heterocycles. The van der Waals surface area contributed by atoms with Crippen molar-refractivity contribution in [1.29, 1.82) is 0 Å². The van der Waals surface area contributed by atoms with E-state index in [1.807, 2.05) is 0 Å². The Labute approximate surface area is 121 Å². The summed E-state index contributed by atoms with van der Waals surface area (Å²) in [6.07, 6.45) is -1.44. The molecule has 1 aliphatic carbocycles. The van der Waals surface area contributed by atoms with Crippen LogP contribution in [-0.4, -0.2) is 23.9 Å². The fourth-order valence-electron chi connectivity index (χ4n) is 2.88. The van der Waals surface area contributed by atoms with Gasteiger partial charge in [-0.2, -0.15) is 13.2 Å². The van der Waals surface area contributed by atoms with Crippen LogP contribution < -0.4 is 5.32 Å². The van der Waals surface area contributed by atoms with Crippen molar-refractivity contribution >= 4 is 5.91 Å². The van der Waals surface area contributed by atoms with E-state index in [9.17, 15) is 18.0 Å². The van der Waals surface area contributed by atoms with Crippen LogP contribution in [0, 0.1) is 5.92 Å². The van der Waals surface area contributed by atoms with E-state index in [1.54, 1.807) is 11.0 Å². The Morgan fingerprint density at radius 3 is 2.67 bits per heavy atom. The second-order valence-corrected chi connectivity index (χ2v) is 5.75. The monoisotopic (exact) mass is 298 g/mol. The maximum absolute atomic E-state index is 12.8. The van der Waals surface area contributed by atoms with Crippen molar-refractivity contribution < 1.29 is 18.0 Å². The van der Waals surface area contributed by atoms with Gasteiger partial charge in [0, 0.05) is 6.54 Å². The topological polar surface area (TPSA) is 32.3 Å². The predicted molar refractivity (Wildman–Crippen MR) is 71.2 cm³/mol. The summed E-state index contributed by atoms with van der Waals surface area (Å²) >= 11 is 0. The molecule has 114 valence electrons. The Morgan fingerprint density at radius 1 is 1.29 bits per heavy atom. The minimum atomic E-state index is -4.36. The maximum atomic E-state index is 12.8. The van der Waals surface area contributed by atoms with Gasteiger partial charge in [0.25, 0.3) is 0 Å². The number of nitrogens with zero attached hydrogens (tertiary/aromatic N) is 1. The molecule has 1 saturated heterocycles. The number of nitrogens with one attached hydrogen (secondary N) is 1. The fraction of sp³-hybridized carbons (Fsp3) is 0.533. The predicted octanol–water partition coefficient (Wildman–Crippen LogP) is 2.94. The third-order valence-corrected chi connectivity index (χ3v) is 4.29. The van der Waals surface area contributed by atoms with Gasteiger partial charge in [0.2, 0.25) is 5.91 Å². The lowest BCUT2D eigenvalue weighted by Crippen LogP contribution is -2.36. The van der Waals surface area contributed by atoms with Gasteiger partial charge in [0.05, 0.1) is 12.1 Å². The van der Waals surface area contributed by atoms with E-state index in [4.69, 9.17) is 0 Å². The molecule has 1 heterocycles. The number of rotatable bonds is 3. The summed E-state index contributed by atoms with van der Waals surface area (Å²) in [5, 5.41) is 3.01. The first-order chi connectivity index (χ1) is 9.95. The maximum Gasteiger partial charge on any atom is 0.416 e. The standard InChI is InChI=1S/C15H17F3N2O/c16-15(17,18)12-6-2-5-11(7-12)14-19-8-13(21)20(14)9-10-3-1-4-10/h2,5-7,10,14,19H,1,3-4,8-9H2. The van der Waals surface area contributed by atoms with Crippen LogP contribution in [0.1, 0.15) is 36.6 Å². The van der Waals surface area contributed by atoms with Gasteiger partial charge in [0.1, 0.15) is 6.17 Å². The van der Waals surface area contributed by atoms with Crippen molar-refractivity contribution in [2.45, 2.75) is 31.6 Å². The molecule has 6 heteroatoms. The lowest BCUT2D eigenvalue weighted by Gasteiger charge is -2.33. The van der Waals surface area contributed by atoms with Crippen LogP contribution in [0.4, 0.5) is 13.2 Å². The van der Waals surface area contributed by atoms with Crippen LogP contribution in [0.3, 0.4) is 0 Å². The number of carbonyl (C=O) groups is 1. The van der Waals surface area contributed by atoms with Crippen LogP contribution in [-0.2, 0) is 11.0 Å². The van der Waals surface area contributed by atoms with E-state index in [-0.39, 0.29) is 12.5 Å². The molecule has 1 aromatic carbocycles. The Kier molecular flexibility index (Phi) is 3.65. The fourth-order valence-corrected chi connectivity index (χ4v) is 2.88. The summed E-state index contributed by atoms with van der Waals surface area (Å²) in [5.41, 5.74) is -0.181. The van der Waals surface area contributed by atoms with E-state index in [0.29, 0.717) is 18.0 Å². The van der Waals surface area contributed by atoms with Crippen LogP contribution in [0.25, 0.3) is 0 Å². The summed E-state index contributed by atoms with van der Waals surface area (Å²) in [6, 6.07) is 5.21. The first-order valence-electron chi connectivity index (χ1n) is 7.15. The van der Waals surface area contributed by atoms with Crippen molar-refractivity contribution in [3.05, 3.63) is 35.4 Å². The number of hydrogen-bond acceptors (Lipinski definition) is 2. The van der Waals surface area contributed by atoms with Crippen LogP contribution in [0.2, 0.25) is 0 Å². The summed E-state index contributed by atoms with van der Waals surface area (Å²) < 4.78 is 38.4. The van der Waals surface area contributed by atoms with E-state index >= 15 is 0 Å². The van der Waals surface area contributed by atoms with E-state index in [2.05, 4.69) is 5.32 Å². The number of hydrogen-bond donors (Lipinski definition) is 1. The van der Waals surface area contributed by atoms with Crippen LogP contribution >= 0.6 is 0 Å². The second-order valence-electron chi connectivity index (χ2n) is 5.75. The number of amides is 1. The van der Waals surface area contributed by atoms with Crippen LogP contribution in [0.15, 0.2) is 24.3 Å². The van der Waals surface area contributed by atoms with Gasteiger partial charge in [-0.05, 0) is 36.5 Å². The molecule has 2 aliphatic rings. The lowest BCUT2D eigenvalue weighted by atomic mass is 9.85. The molecular formula is C15H17F3N2O. The first kappa shape index (κ1) is 14.4. The molecule has 21 heavy (non-hydrogen) atoms. The normalized spacial score (nSPS) is 23.5. The summed E-state index contributed by atoms with van der Waals surface area (Å²) in [6.45, 7) is 0.820. The average molecular weight is 298 g/mol. The Bertz CT molecular complexity index is 540. The zero-order chi connectivity index (χ0) is 15.0. The van der Waals surface area contributed by atoms with Gasteiger partial charge in [0.15, 0.2) is 0 Å². The summed E-state index contributed by atoms with van der Waals surface area (Å²) in [4.78, 5) is 13.6. The van der Waals surface area contributed by atoms with E-state index in [0.717, 1.165) is 25.0 Å². The molecular weight excluding hydrogens is 281 g/mol. The quantitative estimate of drug-likeness (QED) is 0.930. The third-order valence-electron chi connectivity index (χ3n) is 4.29. The minimum absolute atomic E-state index is 0.0377. The van der Waals surface area contributed by atoms with Crippen molar-refractivity contribution in [2.75, 3.05) is 13.1 Å². The highest BCUT2D eigenvalue weighted by molar-refractivity contribution is 5.81. The molecule has 1 aromatic rings. The first-order valence-corrected chi connectivity index (χ1v) is 7.15. The molecule has 3 rings (SSSR count). The summed E-state index contributed by atoms with van der Waals surface area (Å²) in [7, 11) is 0. The SMILES string of the molecule is O=C1CNC(c2cccc(C(F)(F)F)c2)N1CC1CCC1. The van der Waals surface area contributed by atoms with Gasteiger partial charge in [-0.3, -0.25) is 10.1 Å². The van der Waals surface area contributed by atoms with Crippen molar-refractivity contribution in [1.82, 2.24) is 10.2 Å². The molecule has 1 unspecified atom stereocenters. The average Bonchev–Trinajstić information content (AvgIpc) is 2.74. The number of halogens is 3. The van der Waals surface area contributed by atoms with Crippen molar-refractivity contribution in [3.8, 4) is 0 Å². The molecule has 1 atom stereocenters. The molecule has 1 saturated carbocycles.